The number of fused-ring (bicyclic) bond motifs is 1. The Kier molecular flexibility index (Phi) is 7.62. The summed E-state index contributed by atoms with van der Waals surface area (Å²) in [6, 6.07) is 12.1. The van der Waals surface area contributed by atoms with Gasteiger partial charge in [0.15, 0.2) is 0 Å². The van der Waals surface area contributed by atoms with E-state index in [-0.39, 0.29) is 40.1 Å². The zero-order valence-electron chi connectivity index (χ0n) is 23.1. The monoisotopic (exact) mass is 658 g/mol. The molecule has 11 heteroatoms. The molecule has 210 valence electrons. The fourth-order valence-corrected chi connectivity index (χ4v) is 5.23. The van der Waals surface area contributed by atoms with Crippen LogP contribution in [-0.4, -0.2) is 45.3 Å². The Labute approximate surface area is 244 Å². The fourth-order valence-electron chi connectivity index (χ4n) is 4.78. The predicted octanol–water partition coefficient (Wildman–Crippen LogP) is 4.34. The lowest BCUT2D eigenvalue weighted by Crippen LogP contribution is -2.41. The first-order valence-corrected chi connectivity index (χ1v) is 14.2. The molecule has 0 amide bonds. The van der Waals surface area contributed by atoms with Crippen molar-refractivity contribution in [2.75, 3.05) is 31.3 Å². The van der Waals surface area contributed by atoms with Crippen LogP contribution in [0.15, 0.2) is 56.8 Å². The molecule has 2 aromatic heterocycles. The average Bonchev–Trinajstić information content (AvgIpc) is 3.75. The van der Waals surface area contributed by atoms with Gasteiger partial charge in [-0.3, -0.25) is 23.3 Å². The molecule has 0 unspecified atom stereocenters. The Hall–Kier alpha value is -3.45. The molecule has 4 aromatic rings. The summed E-state index contributed by atoms with van der Waals surface area (Å²) in [5.74, 6) is -0.386. The van der Waals surface area contributed by atoms with Crippen LogP contribution in [0.2, 0.25) is 0 Å². The Balaban J connectivity index is 1.79. The van der Waals surface area contributed by atoms with Gasteiger partial charge in [-0.15, -0.1) is 0 Å². The van der Waals surface area contributed by atoms with Gasteiger partial charge in [0, 0.05) is 40.5 Å². The lowest BCUT2D eigenvalue weighted by Gasteiger charge is -2.22. The highest BCUT2D eigenvalue weighted by Crippen LogP contribution is 2.34. The minimum Gasteiger partial charge on any atom is -0.383 e. The third-order valence-electron chi connectivity index (χ3n) is 7.53. The highest BCUT2D eigenvalue weighted by molar-refractivity contribution is 14.1. The van der Waals surface area contributed by atoms with Gasteiger partial charge in [0.2, 0.25) is 0 Å². The SMILES string of the molecule is Cc1c(=O)n(C)c(Nc2ccc(I)cc2F)c2c(=O)n(C3CC3)c(=O)n(-c3cccc(NC[C@@H](C)N(C)C)c3)c12. The molecule has 0 radical (unpaired) electrons. The standard InChI is InChI=1S/C29H32FIN6O3/c1-16(34(3)4)15-32-19-7-6-8-21(14-19)36-25-17(2)27(38)35(5)26(33-23-12-9-18(31)13-22(23)30)24(25)28(39)37(29(36)40)20-10-11-20/h6-9,12-14,16,20,32-33H,10-11,15H2,1-5H3/t16-/m1/s1. The molecule has 9 nitrogen and oxygen atoms in total. The van der Waals surface area contributed by atoms with Crippen molar-refractivity contribution in [1.82, 2.24) is 18.6 Å². The summed E-state index contributed by atoms with van der Waals surface area (Å²) in [4.78, 5) is 43.5. The van der Waals surface area contributed by atoms with E-state index in [2.05, 4.69) is 22.5 Å². The largest absolute Gasteiger partial charge is 0.383 e. The van der Waals surface area contributed by atoms with Crippen molar-refractivity contribution >= 4 is 50.7 Å². The van der Waals surface area contributed by atoms with E-state index in [9.17, 15) is 18.8 Å². The number of rotatable bonds is 8. The molecule has 5 rings (SSSR count). The second-order valence-electron chi connectivity index (χ2n) is 10.6. The molecular formula is C29H32FIN6O3. The molecule has 0 bridgehead atoms. The number of aromatic nitrogens is 3. The topological polar surface area (TPSA) is 93.3 Å². The number of aryl methyl sites for hydroxylation is 1. The first-order valence-electron chi connectivity index (χ1n) is 13.1. The third-order valence-corrected chi connectivity index (χ3v) is 8.20. The van der Waals surface area contributed by atoms with Gasteiger partial charge in [-0.1, -0.05) is 6.07 Å². The summed E-state index contributed by atoms with van der Waals surface area (Å²) in [5, 5.41) is 6.56. The van der Waals surface area contributed by atoms with E-state index < -0.39 is 22.6 Å². The molecule has 0 aliphatic heterocycles. The lowest BCUT2D eigenvalue weighted by molar-refractivity contribution is 0.326. The number of anilines is 3. The van der Waals surface area contributed by atoms with E-state index in [0.717, 1.165) is 5.69 Å². The number of pyridine rings is 1. The number of nitrogens with one attached hydrogen (secondary N) is 2. The van der Waals surface area contributed by atoms with E-state index in [0.29, 0.717) is 28.6 Å². The fraction of sp³-hybridized carbons (Fsp3) is 0.345. The smallest absolute Gasteiger partial charge is 0.336 e. The normalized spacial score (nSPS) is 14.1. The molecule has 1 fully saturated rings. The number of benzene rings is 2. The highest BCUT2D eigenvalue weighted by Gasteiger charge is 2.31. The highest BCUT2D eigenvalue weighted by atomic mass is 127. The van der Waals surface area contributed by atoms with Crippen molar-refractivity contribution in [2.24, 2.45) is 7.05 Å². The predicted molar refractivity (Wildman–Crippen MR) is 166 cm³/mol. The molecule has 1 aliphatic rings. The van der Waals surface area contributed by atoms with Crippen LogP contribution in [0.5, 0.6) is 0 Å². The maximum atomic E-state index is 14.9. The molecule has 2 aromatic carbocycles. The summed E-state index contributed by atoms with van der Waals surface area (Å²) in [6.07, 6.45) is 1.42. The van der Waals surface area contributed by atoms with Gasteiger partial charge in [-0.2, -0.15) is 0 Å². The van der Waals surface area contributed by atoms with Gasteiger partial charge < -0.3 is 15.5 Å². The Morgan fingerprint density at radius 3 is 2.48 bits per heavy atom. The second kappa shape index (κ2) is 10.8. The van der Waals surface area contributed by atoms with Gasteiger partial charge in [0.1, 0.15) is 17.0 Å². The molecule has 1 aliphatic carbocycles. The van der Waals surface area contributed by atoms with Crippen LogP contribution in [0.3, 0.4) is 0 Å². The molecule has 2 N–H and O–H groups in total. The molecule has 2 heterocycles. The average molecular weight is 659 g/mol. The van der Waals surface area contributed by atoms with Crippen LogP contribution in [0.4, 0.5) is 21.6 Å². The maximum absolute atomic E-state index is 14.9. The van der Waals surface area contributed by atoms with Crippen molar-refractivity contribution in [3.8, 4) is 5.69 Å². The Morgan fingerprint density at radius 2 is 1.82 bits per heavy atom. The molecule has 1 atom stereocenters. The van der Waals surface area contributed by atoms with Crippen LogP contribution < -0.4 is 27.4 Å². The number of likely N-dealkylation sites (N-methyl/N-ethyl adjacent to an activating group) is 1. The quantitative estimate of drug-likeness (QED) is 0.274. The molecule has 0 saturated heterocycles. The van der Waals surface area contributed by atoms with Crippen molar-refractivity contribution < 1.29 is 4.39 Å². The van der Waals surface area contributed by atoms with Crippen LogP contribution in [-0.2, 0) is 7.05 Å². The Morgan fingerprint density at radius 1 is 1.10 bits per heavy atom. The molecule has 1 saturated carbocycles. The van der Waals surface area contributed by atoms with E-state index in [1.807, 2.05) is 54.9 Å². The van der Waals surface area contributed by atoms with E-state index in [1.54, 1.807) is 25.1 Å². The molecular weight excluding hydrogens is 626 g/mol. The van der Waals surface area contributed by atoms with Gasteiger partial charge >= 0.3 is 5.69 Å². The van der Waals surface area contributed by atoms with Crippen molar-refractivity contribution in [3.05, 3.63) is 88.6 Å². The number of hydrogen-bond acceptors (Lipinski definition) is 6. The lowest BCUT2D eigenvalue weighted by atomic mass is 10.1. The second-order valence-corrected chi connectivity index (χ2v) is 11.8. The zero-order valence-corrected chi connectivity index (χ0v) is 25.2. The van der Waals surface area contributed by atoms with Crippen LogP contribution in [0, 0.1) is 16.3 Å². The Bertz CT molecular complexity index is 1810. The zero-order chi connectivity index (χ0) is 28.9. The van der Waals surface area contributed by atoms with Gasteiger partial charge in [0.25, 0.3) is 11.1 Å². The van der Waals surface area contributed by atoms with Crippen molar-refractivity contribution in [3.63, 3.8) is 0 Å². The van der Waals surface area contributed by atoms with Crippen molar-refractivity contribution in [1.29, 1.82) is 0 Å². The van der Waals surface area contributed by atoms with E-state index >= 15 is 0 Å². The van der Waals surface area contributed by atoms with E-state index in [1.165, 1.54) is 26.8 Å². The minimum atomic E-state index is -0.519. The first-order chi connectivity index (χ1) is 19.0. The number of hydrogen-bond donors (Lipinski definition) is 2. The van der Waals surface area contributed by atoms with Gasteiger partial charge in [-0.05, 0) is 99.8 Å². The maximum Gasteiger partial charge on any atom is 0.336 e. The van der Waals surface area contributed by atoms with Crippen LogP contribution in [0.1, 0.15) is 31.4 Å². The number of halogens is 2. The summed E-state index contributed by atoms with van der Waals surface area (Å²) in [5.41, 5.74) is 0.515. The summed E-state index contributed by atoms with van der Waals surface area (Å²) in [6.45, 7) is 4.39. The summed E-state index contributed by atoms with van der Waals surface area (Å²) >= 11 is 2.01. The van der Waals surface area contributed by atoms with Crippen LogP contribution in [0.25, 0.3) is 16.6 Å². The van der Waals surface area contributed by atoms with Crippen LogP contribution >= 0.6 is 22.6 Å². The molecule has 40 heavy (non-hydrogen) atoms. The van der Waals surface area contributed by atoms with Gasteiger partial charge in [-0.25, -0.2) is 9.18 Å². The summed E-state index contributed by atoms with van der Waals surface area (Å²) in [7, 11) is 5.55. The number of nitrogens with zero attached hydrogens (tertiary/aromatic N) is 4. The summed E-state index contributed by atoms with van der Waals surface area (Å²) < 4.78 is 19.6. The third kappa shape index (κ3) is 5.07. The molecule has 0 spiro atoms. The first kappa shape index (κ1) is 28.1. The van der Waals surface area contributed by atoms with Crippen molar-refractivity contribution in [2.45, 2.75) is 38.8 Å². The van der Waals surface area contributed by atoms with Gasteiger partial charge in [0.05, 0.1) is 16.9 Å². The van der Waals surface area contributed by atoms with E-state index in [4.69, 9.17) is 0 Å². The minimum absolute atomic E-state index is 0.122.